The van der Waals surface area contributed by atoms with Crippen molar-refractivity contribution in [2.75, 3.05) is 6.61 Å². The summed E-state index contributed by atoms with van der Waals surface area (Å²) in [5, 5.41) is 0. The predicted octanol–water partition coefficient (Wildman–Crippen LogP) is 8.31. The summed E-state index contributed by atoms with van der Waals surface area (Å²) in [5.74, 6) is 4.02. The summed E-state index contributed by atoms with van der Waals surface area (Å²) >= 11 is 0. The second-order valence-electron chi connectivity index (χ2n) is 10.4. The molecule has 0 spiro atoms. The van der Waals surface area contributed by atoms with Gasteiger partial charge >= 0.3 is 0 Å². The third kappa shape index (κ3) is 6.22. The molecule has 27 heavy (non-hydrogen) atoms. The Hall–Kier alpha value is -0.0400. The number of hydrogen-bond donors (Lipinski definition) is 0. The van der Waals surface area contributed by atoms with E-state index < -0.39 is 0 Å². The van der Waals surface area contributed by atoms with Crippen molar-refractivity contribution in [2.45, 2.75) is 135 Å². The van der Waals surface area contributed by atoms with Crippen LogP contribution in [0.15, 0.2) is 0 Å². The largest absolute Gasteiger partial charge is 0.375 e. The Bertz CT molecular complexity index is 381. The van der Waals surface area contributed by atoms with Gasteiger partial charge in [-0.1, -0.05) is 97.3 Å². The molecule has 3 saturated carbocycles. The van der Waals surface area contributed by atoms with E-state index in [1.54, 1.807) is 0 Å². The van der Waals surface area contributed by atoms with Crippen LogP contribution in [0.1, 0.15) is 129 Å². The molecule has 3 fully saturated rings. The van der Waals surface area contributed by atoms with Crippen LogP contribution in [0.4, 0.5) is 0 Å². The maximum atomic E-state index is 6.58. The quantitative estimate of drug-likeness (QED) is 0.393. The van der Waals surface area contributed by atoms with Gasteiger partial charge in [0.25, 0.3) is 0 Å². The van der Waals surface area contributed by atoms with Crippen molar-refractivity contribution in [3.63, 3.8) is 0 Å². The summed E-state index contributed by atoms with van der Waals surface area (Å²) < 4.78 is 6.58. The van der Waals surface area contributed by atoms with Gasteiger partial charge in [-0.15, -0.1) is 0 Å². The van der Waals surface area contributed by atoms with Gasteiger partial charge in [-0.2, -0.15) is 0 Å². The standard InChI is InChI=1S/C26H48O/c1-3-8-22-9-11-23(12-10-22)13-14-24-15-17-25(18-16-24)26(27-21-4-2)19-6-5-7-20-26/h22-25H,3-21H2,1-2H3/t22-,23-,24-,25-. The summed E-state index contributed by atoms with van der Waals surface area (Å²) in [5.41, 5.74) is 0.275. The van der Waals surface area contributed by atoms with Crippen molar-refractivity contribution >= 4 is 0 Å². The van der Waals surface area contributed by atoms with Gasteiger partial charge in [-0.25, -0.2) is 0 Å². The molecule has 0 aromatic rings. The predicted molar refractivity (Wildman–Crippen MR) is 117 cm³/mol. The van der Waals surface area contributed by atoms with Crippen molar-refractivity contribution in [2.24, 2.45) is 23.7 Å². The molecule has 0 saturated heterocycles. The maximum absolute atomic E-state index is 6.58. The summed E-state index contributed by atoms with van der Waals surface area (Å²) in [6, 6.07) is 0. The van der Waals surface area contributed by atoms with Crippen molar-refractivity contribution in [3.05, 3.63) is 0 Å². The highest BCUT2D eigenvalue weighted by Gasteiger charge is 2.42. The van der Waals surface area contributed by atoms with Crippen molar-refractivity contribution < 1.29 is 4.74 Å². The van der Waals surface area contributed by atoms with E-state index in [9.17, 15) is 0 Å². The molecule has 0 unspecified atom stereocenters. The maximum Gasteiger partial charge on any atom is 0.0710 e. The molecule has 1 heteroatoms. The van der Waals surface area contributed by atoms with Crippen molar-refractivity contribution in [1.29, 1.82) is 0 Å². The van der Waals surface area contributed by atoms with Gasteiger partial charge in [0, 0.05) is 6.61 Å². The van der Waals surface area contributed by atoms with Crippen LogP contribution in [0, 0.1) is 23.7 Å². The van der Waals surface area contributed by atoms with Gasteiger partial charge in [0.1, 0.15) is 0 Å². The molecule has 0 bridgehead atoms. The lowest BCUT2D eigenvalue weighted by Gasteiger charge is -2.46. The average Bonchev–Trinajstić information content (AvgIpc) is 2.73. The van der Waals surface area contributed by atoms with Crippen LogP contribution in [-0.4, -0.2) is 12.2 Å². The Morgan fingerprint density at radius 3 is 1.67 bits per heavy atom. The van der Waals surface area contributed by atoms with Crippen LogP contribution in [0.2, 0.25) is 0 Å². The van der Waals surface area contributed by atoms with Crippen LogP contribution in [0.3, 0.4) is 0 Å². The molecular weight excluding hydrogens is 328 g/mol. The zero-order valence-electron chi connectivity index (χ0n) is 18.7. The average molecular weight is 377 g/mol. The van der Waals surface area contributed by atoms with E-state index in [4.69, 9.17) is 4.74 Å². The number of ether oxygens (including phenoxy) is 1. The van der Waals surface area contributed by atoms with E-state index in [-0.39, 0.29) is 5.60 Å². The third-order valence-corrected chi connectivity index (χ3v) is 8.53. The Kier molecular flexibility index (Phi) is 9.01. The second kappa shape index (κ2) is 11.2. The van der Waals surface area contributed by atoms with Crippen molar-refractivity contribution in [1.82, 2.24) is 0 Å². The van der Waals surface area contributed by atoms with E-state index in [1.165, 1.54) is 116 Å². The first-order valence-corrected chi connectivity index (χ1v) is 12.9. The first-order chi connectivity index (χ1) is 13.3. The molecule has 0 atom stereocenters. The minimum Gasteiger partial charge on any atom is -0.375 e. The Balaban J connectivity index is 1.38. The molecule has 0 aromatic carbocycles. The van der Waals surface area contributed by atoms with E-state index in [2.05, 4.69) is 13.8 Å². The van der Waals surface area contributed by atoms with Gasteiger partial charge in [-0.3, -0.25) is 0 Å². The summed E-state index contributed by atoms with van der Waals surface area (Å²) in [4.78, 5) is 0. The van der Waals surface area contributed by atoms with Gasteiger partial charge in [0.2, 0.25) is 0 Å². The first kappa shape index (κ1) is 21.7. The number of hydrogen-bond acceptors (Lipinski definition) is 1. The van der Waals surface area contributed by atoms with Gasteiger partial charge < -0.3 is 4.74 Å². The summed E-state index contributed by atoms with van der Waals surface area (Å²) in [6.07, 6.45) is 26.1. The normalized spacial score (nSPS) is 34.4. The fourth-order valence-electron chi connectivity index (χ4n) is 6.79. The van der Waals surface area contributed by atoms with Crippen LogP contribution >= 0.6 is 0 Å². The fourth-order valence-corrected chi connectivity index (χ4v) is 6.79. The highest BCUT2D eigenvalue weighted by atomic mass is 16.5. The van der Waals surface area contributed by atoms with E-state index in [1.807, 2.05) is 0 Å². The third-order valence-electron chi connectivity index (χ3n) is 8.53. The topological polar surface area (TPSA) is 9.23 Å². The molecule has 158 valence electrons. The molecule has 0 radical (unpaired) electrons. The van der Waals surface area contributed by atoms with Gasteiger partial charge in [-0.05, 0) is 55.8 Å². The van der Waals surface area contributed by atoms with Crippen LogP contribution in [-0.2, 0) is 4.74 Å². The molecular formula is C26H48O. The lowest BCUT2D eigenvalue weighted by Crippen LogP contribution is -2.44. The van der Waals surface area contributed by atoms with Crippen LogP contribution in [0.5, 0.6) is 0 Å². The zero-order valence-corrected chi connectivity index (χ0v) is 18.7. The molecule has 0 amide bonds. The molecule has 0 aromatic heterocycles. The number of rotatable bonds is 9. The van der Waals surface area contributed by atoms with Crippen LogP contribution < -0.4 is 0 Å². The van der Waals surface area contributed by atoms with Gasteiger partial charge in [0.15, 0.2) is 0 Å². The Morgan fingerprint density at radius 2 is 1.15 bits per heavy atom. The molecule has 3 rings (SSSR count). The molecule has 3 aliphatic carbocycles. The lowest BCUT2D eigenvalue weighted by atomic mass is 9.67. The minimum absolute atomic E-state index is 0.275. The summed E-state index contributed by atoms with van der Waals surface area (Å²) in [7, 11) is 0. The lowest BCUT2D eigenvalue weighted by molar-refractivity contribution is -0.121. The molecule has 3 aliphatic rings. The molecule has 0 N–H and O–H groups in total. The van der Waals surface area contributed by atoms with Gasteiger partial charge in [0.05, 0.1) is 5.60 Å². The minimum atomic E-state index is 0.275. The zero-order chi connectivity index (χ0) is 19.0. The monoisotopic (exact) mass is 376 g/mol. The SMILES string of the molecule is CCCOC1([C@H]2CC[C@H](CC[C@H]3CC[C@H](CCC)CC3)CC2)CCCCC1. The second-order valence-corrected chi connectivity index (χ2v) is 10.4. The van der Waals surface area contributed by atoms with Crippen LogP contribution in [0.25, 0.3) is 0 Å². The summed E-state index contributed by atoms with van der Waals surface area (Å²) in [6.45, 7) is 5.61. The highest BCUT2D eigenvalue weighted by molar-refractivity contribution is 4.93. The fraction of sp³-hybridized carbons (Fsp3) is 1.00. The van der Waals surface area contributed by atoms with E-state index in [0.717, 1.165) is 30.3 Å². The Labute approximate surface area is 170 Å². The smallest absolute Gasteiger partial charge is 0.0710 e. The van der Waals surface area contributed by atoms with E-state index >= 15 is 0 Å². The van der Waals surface area contributed by atoms with E-state index in [0.29, 0.717) is 0 Å². The first-order valence-electron chi connectivity index (χ1n) is 12.9. The van der Waals surface area contributed by atoms with Crippen molar-refractivity contribution in [3.8, 4) is 0 Å². The Morgan fingerprint density at radius 1 is 0.630 bits per heavy atom. The molecule has 0 aliphatic heterocycles. The molecule has 0 heterocycles. The molecule has 1 nitrogen and oxygen atoms in total. The highest BCUT2D eigenvalue weighted by Crippen LogP contribution is 2.46.